The van der Waals surface area contributed by atoms with Crippen LogP contribution in [0.4, 0.5) is 5.69 Å². The van der Waals surface area contributed by atoms with Crippen molar-refractivity contribution in [2.75, 3.05) is 25.0 Å². The zero-order valence-corrected chi connectivity index (χ0v) is 14.5. The second kappa shape index (κ2) is 4.99. The molecule has 3 aliphatic rings. The fourth-order valence-electron chi connectivity index (χ4n) is 4.45. The molecule has 4 unspecified atom stereocenters. The monoisotopic (exact) mass is 334 g/mol. The summed E-state index contributed by atoms with van der Waals surface area (Å²) in [7, 11) is 2.35. The Morgan fingerprint density at radius 3 is 2.80 bits per heavy atom. The summed E-state index contributed by atoms with van der Waals surface area (Å²) in [4.78, 5) is 5.12. The summed E-state index contributed by atoms with van der Waals surface area (Å²) in [6, 6.07) is 3.76. The molecule has 2 aliphatic carbocycles. The molecule has 2 heterocycles. The summed E-state index contributed by atoms with van der Waals surface area (Å²) >= 11 is 1.55. The molecule has 1 aromatic rings. The van der Waals surface area contributed by atoms with Gasteiger partial charge in [-0.2, -0.15) is 0 Å². The topological polar surface area (TPSA) is 32.3 Å². The maximum absolute atomic E-state index is 4.08. The summed E-state index contributed by atoms with van der Waals surface area (Å²) in [5, 5.41) is 8.14. The maximum atomic E-state index is 4.08. The molecular weight excluding hydrogens is 311 g/mol. The Morgan fingerprint density at radius 1 is 1.30 bits per heavy atom. The van der Waals surface area contributed by atoms with Gasteiger partial charge in [-0.05, 0) is 0 Å². The van der Waals surface area contributed by atoms with Gasteiger partial charge in [-0.3, -0.25) is 0 Å². The number of rotatable bonds is 3. The normalized spacial score (nSPS) is 33.0. The molecule has 0 N–H and O–H groups in total. The van der Waals surface area contributed by atoms with Crippen molar-refractivity contribution in [3.8, 4) is 0 Å². The van der Waals surface area contributed by atoms with Crippen molar-refractivity contribution >= 4 is 27.0 Å². The van der Waals surface area contributed by atoms with Crippen LogP contribution in [0.25, 0.3) is 0 Å². The van der Waals surface area contributed by atoms with Crippen molar-refractivity contribution in [3.05, 3.63) is 12.3 Å². The summed E-state index contributed by atoms with van der Waals surface area (Å²) in [5.41, 5.74) is 1.25. The minimum absolute atomic E-state index is 0.735. The van der Waals surface area contributed by atoms with Crippen LogP contribution in [-0.2, 0) is 0 Å². The number of anilines is 1. The molecule has 4 rings (SSSR count). The molecule has 108 valence electrons. The van der Waals surface area contributed by atoms with E-state index in [0.717, 1.165) is 41.5 Å². The van der Waals surface area contributed by atoms with Gasteiger partial charge in [0.2, 0.25) is 0 Å². The summed E-state index contributed by atoms with van der Waals surface area (Å²) < 4.78 is 1.07. The van der Waals surface area contributed by atoms with E-state index in [1.54, 1.807) is 16.9 Å². The van der Waals surface area contributed by atoms with Gasteiger partial charge in [-0.25, -0.2) is 0 Å². The van der Waals surface area contributed by atoms with Crippen LogP contribution in [0.3, 0.4) is 0 Å². The van der Waals surface area contributed by atoms with Crippen molar-refractivity contribution < 1.29 is 0 Å². The Labute approximate surface area is 129 Å². The third kappa shape index (κ3) is 2.17. The molecular formula is C15H23AsN4. The molecule has 0 spiro atoms. The van der Waals surface area contributed by atoms with E-state index in [9.17, 15) is 0 Å². The van der Waals surface area contributed by atoms with E-state index < -0.39 is 0 Å². The van der Waals surface area contributed by atoms with Crippen LogP contribution < -0.4 is 9.38 Å². The average molecular weight is 334 g/mol. The summed E-state index contributed by atoms with van der Waals surface area (Å²) in [6.07, 6.45) is 7.83. The van der Waals surface area contributed by atoms with Crippen molar-refractivity contribution in [1.29, 1.82) is 0 Å². The quantitative estimate of drug-likeness (QED) is 0.731. The van der Waals surface area contributed by atoms with Crippen LogP contribution in [0, 0.1) is 11.8 Å². The van der Waals surface area contributed by atoms with Gasteiger partial charge in [0, 0.05) is 0 Å². The van der Waals surface area contributed by atoms with Crippen LogP contribution in [0.5, 0.6) is 0 Å². The third-order valence-electron chi connectivity index (χ3n) is 5.69. The molecule has 5 heteroatoms. The predicted octanol–water partition coefficient (Wildman–Crippen LogP) is 0.0440. The Kier molecular flexibility index (Phi) is 3.27. The first-order chi connectivity index (χ1) is 9.70. The fraction of sp³-hybridized carbons (Fsp3) is 0.733. The predicted molar refractivity (Wildman–Crippen MR) is 83.2 cm³/mol. The van der Waals surface area contributed by atoms with E-state index in [-0.39, 0.29) is 0 Å². The van der Waals surface area contributed by atoms with Crippen LogP contribution in [0.2, 0.25) is 0 Å². The SMILES string of the molecule is CN(C1CN(c2cnnc([AsH2])c2)C1)C1CC2CCC1C2. The molecule has 2 bridgehead atoms. The molecule has 1 aromatic heterocycles. The van der Waals surface area contributed by atoms with E-state index in [0.29, 0.717) is 0 Å². The van der Waals surface area contributed by atoms with Crippen molar-refractivity contribution in [1.82, 2.24) is 15.1 Å². The Bertz CT molecular complexity index is 502. The van der Waals surface area contributed by atoms with Gasteiger partial charge < -0.3 is 0 Å². The summed E-state index contributed by atoms with van der Waals surface area (Å²) in [5.74, 6) is 2.03. The number of likely N-dealkylation sites (N-methyl/N-ethyl adjacent to an activating group) is 1. The van der Waals surface area contributed by atoms with Crippen LogP contribution >= 0.6 is 0 Å². The van der Waals surface area contributed by atoms with Gasteiger partial charge in [0.05, 0.1) is 0 Å². The molecule has 0 amide bonds. The fourth-order valence-corrected chi connectivity index (χ4v) is 4.95. The number of aromatic nitrogens is 2. The van der Waals surface area contributed by atoms with Crippen molar-refractivity contribution in [2.45, 2.75) is 37.8 Å². The second-order valence-corrected chi connectivity index (χ2v) is 8.05. The Hall–Kier alpha value is -0.602. The van der Waals surface area contributed by atoms with Gasteiger partial charge in [-0.15, -0.1) is 0 Å². The van der Waals surface area contributed by atoms with E-state index in [4.69, 9.17) is 0 Å². The molecule has 2 saturated carbocycles. The molecule has 20 heavy (non-hydrogen) atoms. The molecule has 1 aliphatic heterocycles. The van der Waals surface area contributed by atoms with Crippen LogP contribution in [-0.4, -0.2) is 64.2 Å². The molecule has 0 aromatic carbocycles. The number of hydrogen-bond acceptors (Lipinski definition) is 4. The molecule has 1 saturated heterocycles. The van der Waals surface area contributed by atoms with Crippen LogP contribution in [0.1, 0.15) is 25.7 Å². The molecule has 4 atom stereocenters. The van der Waals surface area contributed by atoms with Crippen molar-refractivity contribution in [2.24, 2.45) is 11.8 Å². The first-order valence-corrected chi connectivity index (χ1v) is 8.97. The molecule has 4 nitrogen and oxygen atoms in total. The first kappa shape index (κ1) is 13.1. The second-order valence-electron chi connectivity index (χ2n) is 6.81. The van der Waals surface area contributed by atoms with Gasteiger partial charge >= 0.3 is 129 Å². The standard InChI is InChI=1S/C15H23AsN4/c1-19(14-5-10-2-3-11(14)4-10)13-8-20(9-13)12-6-15(16)18-17-7-12/h6-7,10-11,13-14H,2-5,8-9,16H2,1H3. The zero-order chi connectivity index (χ0) is 13.7. The van der Waals surface area contributed by atoms with E-state index in [1.807, 2.05) is 6.20 Å². The van der Waals surface area contributed by atoms with E-state index in [1.165, 1.54) is 31.4 Å². The number of hydrogen-bond donors (Lipinski definition) is 0. The first-order valence-electron chi connectivity index (χ1n) is 7.76. The van der Waals surface area contributed by atoms with E-state index >= 15 is 0 Å². The summed E-state index contributed by atoms with van der Waals surface area (Å²) in [6.45, 7) is 2.31. The van der Waals surface area contributed by atoms with E-state index in [2.05, 4.69) is 33.1 Å². The number of nitrogens with zero attached hydrogens (tertiary/aromatic N) is 4. The van der Waals surface area contributed by atoms with Gasteiger partial charge in [-0.1, -0.05) is 0 Å². The molecule has 3 fully saturated rings. The number of fused-ring (bicyclic) bond motifs is 2. The van der Waals surface area contributed by atoms with Gasteiger partial charge in [0.1, 0.15) is 0 Å². The van der Waals surface area contributed by atoms with Gasteiger partial charge in [0.15, 0.2) is 0 Å². The van der Waals surface area contributed by atoms with Gasteiger partial charge in [0.25, 0.3) is 0 Å². The van der Waals surface area contributed by atoms with Crippen molar-refractivity contribution in [3.63, 3.8) is 0 Å². The average Bonchev–Trinajstić information content (AvgIpc) is 2.99. The molecule has 0 radical (unpaired) electrons. The Morgan fingerprint density at radius 2 is 2.15 bits per heavy atom. The minimum atomic E-state index is 0.735. The zero-order valence-electron chi connectivity index (χ0n) is 12.1. The third-order valence-corrected chi connectivity index (χ3v) is 6.28. The van der Waals surface area contributed by atoms with Crippen LogP contribution in [0.15, 0.2) is 12.3 Å². The Balaban J connectivity index is 1.36.